The summed E-state index contributed by atoms with van der Waals surface area (Å²) in [6, 6.07) is 2.49. The van der Waals surface area contributed by atoms with Crippen molar-refractivity contribution in [3.63, 3.8) is 0 Å². The molecule has 4 aliphatic rings. The Balaban J connectivity index is 1.78. The lowest BCUT2D eigenvalue weighted by molar-refractivity contribution is 0.362. The van der Waals surface area contributed by atoms with E-state index in [9.17, 15) is 39.3 Å². The first kappa shape index (κ1) is 26.7. The number of nitrogens with one attached hydrogen (secondary N) is 1. The topological polar surface area (TPSA) is 171 Å². The predicted molar refractivity (Wildman–Crippen MR) is 160 cm³/mol. The predicted octanol–water partition coefficient (Wildman–Crippen LogP) is 0.708. The van der Waals surface area contributed by atoms with Gasteiger partial charge in [-0.15, -0.1) is 0 Å². The minimum atomic E-state index is -1.95. The Kier molecular flexibility index (Phi) is 5.86. The Labute approximate surface area is 242 Å². The standard InChI is InChI=1S/C30H20INO9/c1-3-4-5-6-11-9-13-16(29(40)32-11)26(37)21-12(22(13)31)7-8-30(21)27(38)19-20(28(30)39)25(36)18-17(24(19)35)14(33)10-15(41-2)23(18)34/h3-6,9-10,37-39H,7-8H2,1-2H3,(H,32,40). The Morgan fingerprint density at radius 1 is 0.927 bits per heavy atom. The molecule has 2 aromatic rings. The highest BCUT2D eigenvalue weighted by molar-refractivity contribution is 14.1. The fourth-order valence-corrected chi connectivity index (χ4v) is 7.14. The monoisotopic (exact) mass is 665 g/mol. The molecule has 11 heteroatoms. The number of aliphatic hydroxyl groups excluding tert-OH is 2. The largest absolute Gasteiger partial charge is 0.510 e. The van der Waals surface area contributed by atoms with E-state index in [1.807, 2.05) is 35.6 Å². The Bertz CT molecular complexity index is 2410. The van der Waals surface area contributed by atoms with Gasteiger partial charge in [0.05, 0.1) is 33.4 Å². The van der Waals surface area contributed by atoms with Gasteiger partial charge in [0.25, 0.3) is 5.56 Å². The number of aromatic hydroxyl groups is 1. The first-order valence-corrected chi connectivity index (χ1v) is 13.5. The number of phenolic OH excluding ortho intramolecular Hbond substituents is 1. The van der Waals surface area contributed by atoms with Gasteiger partial charge in [-0.05, 0) is 60.1 Å². The number of benzene rings is 1. The van der Waals surface area contributed by atoms with Gasteiger partial charge in [-0.1, -0.05) is 18.2 Å². The van der Waals surface area contributed by atoms with E-state index in [-0.39, 0.29) is 23.8 Å². The van der Waals surface area contributed by atoms with Gasteiger partial charge in [0, 0.05) is 26.3 Å². The summed E-state index contributed by atoms with van der Waals surface area (Å²) in [5.74, 6) is -2.44. The molecular weight excluding hydrogens is 645 g/mol. The molecular formula is C30H20INO9. The molecule has 10 nitrogen and oxygen atoms in total. The van der Waals surface area contributed by atoms with Crippen molar-refractivity contribution in [1.82, 2.24) is 4.98 Å². The summed E-state index contributed by atoms with van der Waals surface area (Å²) < 4.78 is 5.48. The van der Waals surface area contributed by atoms with Gasteiger partial charge in [-0.3, -0.25) is 24.0 Å². The van der Waals surface area contributed by atoms with Crippen molar-refractivity contribution >= 4 is 51.0 Å². The van der Waals surface area contributed by atoms with Crippen LogP contribution in [0.15, 0.2) is 54.3 Å². The van der Waals surface area contributed by atoms with Crippen LogP contribution in [0.25, 0.3) is 28.4 Å². The smallest absolute Gasteiger partial charge is 0.260 e. The molecule has 6 rings (SSSR count). The molecule has 1 heterocycles. The van der Waals surface area contributed by atoms with Crippen LogP contribution in [0.5, 0.6) is 11.5 Å². The third-order valence-electron chi connectivity index (χ3n) is 7.96. The number of allylic oxidation sites excluding steroid dienone is 3. The van der Waals surface area contributed by atoms with E-state index in [1.165, 1.54) is 0 Å². The Morgan fingerprint density at radius 2 is 1.59 bits per heavy atom. The first-order chi connectivity index (χ1) is 19.5. The van der Waals surface area contributed by atoms with Crippen LogP contribution in [0, 0.1) is 14.0 Å². The molecule has 4 N–H and O–H groups in total. The maximum absolute atomic E-state index is 13.6. The lowest BCUT2D eigenvalue weighted by Crippen LogP contribution is -2.51. The molecule has 41 heavy (non-hydrogen) atoms. The summed E-state index contributed by atoms with van der Waals surface area (Å²) in [7, 11) is 1.13. The van der Waals surface area contributed by atoms with E-state index in [0.717, 1.165) is 13.2 Å². The van der Waals surface area contributed by atoms with E-state index in [2.05, 4.69) is 4.98 Å². The van der Waals surface area contributed by atoms with Gasteiger partial charge in [-0.25, -0.2) is 0 Å². The second-order valence-corrected chi connectivity index (χ2v) is 11.0. The van der Waals surface area contributed by atoms with E-state index >= 15 is 0 Å². The molecule has 0 bridgehead atoms. The van der Waals surface area contributed by atoms with Crippen LogP contribution in [0.3, 0.4) is 0 Å². The van der Waals surface area contributed by atoms with Crippen molar-refractivity contribution in [1.29, 1.82) is 0 Å². The number of halogens is 1. The second-order valence-electron chi connectivity index (χ2n) is 9.91. The molecule has 0 aliphatic heterocycles. The van der Waals surface area contributed by atoms with E-state index in [1.54, 1.807) is 24.3 Å². The lowest BCUT2D eigenvalue weighted by atomic mass is 9.78. The normalized spacial score (nSPS) is 18.0. The average molecular weight is 665 g/mol. The average Bonchev–Trinajstić information content (AvgIpc) is 3.45. The molecule has 0 saturated carbocycles. The van der Waals surface area contributed by atoms with E-state index in [4.69, 9.17) is 4.74 Å². The van der Waals surface area contributed by atoms with E-state index in [0.29, 0.717) is 20.2 Å². The van der Waals surface area contributed by atoms with Crippen LogP contribution in [0.4, 0.5) is 0 Å². The second kappa shape index (κ2) is 8.99. The van der Waals surface area contributed by atoms with Crippen molar-refractivity contribution in [2.45, 2.75) is 25.2 Å². The first-order valence-electron chi connectivity index (χ1n) is 12.5. The number of rotatable bonds is 3. The number of hydrogen-bond donors (Lipinski definition) is 4. The van der Waals surface area contributed by atoms with Gasteiger partial charge in [-0.2, -0.15) is 0 Å². The molecule has 0 saturated heterocycles. The quantitative estimate of drug-likeness (QED) is 0.182. The lowest BCUT2D eigenvalue weighted by Gasteiger charge is -2.27. The number of phenols is 1. The Morgan fingerprint density at radius 3 is 2.22 bits per heavy atom. The number of H-pyrrole nitrogens is 1. The maximum atomic E-state index is 13.6. The van der Waals surface area contributed by atoms with Gasteiger partial charge < -0.3 is 25.0 Å². The van der Waals surface area contributed by atoms with Crippen LogP contribution in [0.2, 0.25) is 0 Å². The van der Waals surface area contributed by atoms with Crippen LogP contribution < -0.4 is 42.4 Å². The van der Waals surface area contributed by atoms with E-state index < -0.39 is 76.6 Å². The minimum absolute atomic E-state index is 0.0200. The number of ether oxygens (including phenoxy) is 1. The molecule has 206 valence electrons. The zero-order valence-electron chi connectivity index (χ0n) is 21.5. The van der Waals surface area contributed by atoms with Crippen molar-refractivity contribution in [3.8, 4) is 11.5 Å². The van der Waals surface area contributed by atoms with Crippen LogP contribution >= 0.6 is 22.6 Å². The van der Waals surface area contributed by atoms with Crippen molar-refractivity contribution in [3.05, 3.63) is 123 Å². The van der Waals surface area contributed by atoms with Crippen LogP contribution in [-0.2, 0) is 11.8 Å². The number of pyridine rings is 1. The van der Waals surface area contributed by atoms with Gasteiger partial charge in [0.1, 0.15) is 22.7 Å². The number of fused-ring (bicyclic) bond motifs is 4. The summed E-state index contributed by atoms with van der Waals surface area (Å²) in [4.78, 5) is 68.8. The molecule has 1 aromatic carbocycles. The minimum Gasteiger partial charge on any atom is -0.510 e. The summed E-state index contributed by atoms with van der Waals surface area (Å²) in [6.07, 6.45) is 7.17. The number of hydrogen-bond acceptors (Lipinski definition) is 9. The van der Waals surface area contributed by atoms with Crippen molar-refractivity contribution in [2.24, 2.45) is 0 Å². The van der Waals surface area contributed by atoms with Crippen molar-refractivity contribution < 1.29 is 20.1 Å². The molecule has 1 atom stereocenters. The molecule has 0 fully saturated rings. The molecule has 1 spiro atoms. The fourth-order valence-electron chi connectivity index (χ4n) is 6.17. The van der Waals surface area contributed by atoms with Gasteiger partial charge in [0.15, 0.2) is 11.2 Å². The SMILES string of the molecule is CC=CC=Cc1cc2c(I)c3c(c(O)c2c(=O)[nH]1)C1(CC3)C(O)=c2c(=O)c3c(=O)cc(OC)c(=O)c=3c(=O)c2=C1O. The number of aromatic amines is 1. The van der Waals surface area contributed by atoms with Gasteiger partial charge >= 0.3 is 0 Å². The highest BCUT2D eigenvalue weighted by atomic mass is 127. The number of aromatic nitrogens is 1. The molecule has 4 aliphatic carbocycles. The number of aliphatic hydroxyl groups is 2. The third kappa shape index (κ3) is 3.26. The van der Waals surface area contributed by atoms with Crippen molar-refractivity contribution in [2.75, 3.05) is 7.11 Å². The molecule has 0 amide bonds. The zero-order chi connectivity index (χ0) is 29.5. The van der Waals surface area contributed by atoms with Crippen LogP contribution in [-0.4, -0.2) is 27.4 Å². The molecule has 1 unspecified atom stereocenters. The van der Waals surface area contributed by atoms with Gasteiger partial charge in [0.2, 0.25) is 16.3 Å². The van der Waals surface area contributed by atoms with Crippen LogP contribution in [0.1, 0.15) is 30.2 Å². The molecule has 0 radical (unpaired) electrons. The maximum Gasteiger partial charge on any atom is 0.260 e. The Hall–Kier alpha value is -4.52. The highest BCUT2D eigenvalue weighted by Crippen LogP contribution is 2.55. The molecule has 1 aromatic heterocycles. The number of methoxy groups -OCH3 is 1. The summed E-state index contributed by atoms with van der Waals surface area (Å²) in [5.41, 5.74) is -5.76. The zero-order valence-corrected chi connectivity index (χ0v) is 23.7. The summed E-state index contributed by atoms with van der Waals surface area (Å²) in [6.45, 7) is 1.85. The highest BCUT2D eigenvalue weighted by Gasteiger charge is 2.53. The third-order valence-corrected chi connectivity index (χ3v) is 9.19. The fraction of sp³-hybridized carbons (Fsp3) is 0.167. The summed E-state index contributed by atoms with van der Waals surface area (Å²) >= 11 is 2.02. The summed E-state index contributed by atoms with van der Waals surface area (Å²) in [5, 5.41) is 32.3.